The highest BCUT2D eigenvalue weighted by molar-refractivity contribution is 7.10. The summed E-state index contributed by atoms with van der Waals surface area (Å²) < 4.78 is 0. The third-order valence-electron chi connectivity index (χ3n) is 3.24. The first-order valence-electron chi connectivity index (χ1n) is 5.36. The van der Waals surface area contributed by atoms with Crippen molar-refractivity contribution in [1.29, 1.82) is 0 Å². The molecule has 1 nitrogen and oxygen atoms in total. The molecule has 1 heterocycles. The van der Waals surface area contributed by atoms with Crippen molar-refractivity contribution in [1.82, 2.24) is 0 Å². The summed E-state index contributed by atoms with van der Waals surface area (Å²) in [5, 5.41) is 2.11. The van der Waals surface area contributed by atoms with Crippen LogP contribution < -0.4 is 0 Å². The summed E-state index contributed by atoms with van der Waals surface area (Å²) >= 11 is 1.80. The molecule has 0 N–H and O–H groups in total. The van der Waals surface area contributed by atoms with Gasteiger partial charge in [-0.15, -0.1) is 11.3 Å². The minimum absolute atomic E-state index is 0.452. The second-order valence-corrected chi connectivity index (χ2v) is 5.05. The van der Waals surface area contributed by atoms with E-state index in [1.54, 1.807) is 11.3 Å². The van der Waals surface area contributed by atoms with Gasteiger partial charge in [-0.25, -0.2) is 0 Å². The number of carbonyl (C=O) groups excluding carboxylic acids is 1. The largest absolute Gasteiger partial charge is 0.300 e. The second kappa shape index (κ2) is 4.26. The number of thiophene rings is 1. The van der Waals surface area contributed by atoms with Gasteiger partial charge in [0.15, 0.2) is 0 Å². The van der Waals surface area contributed by atoms with Crippen molar-refractivity contribution in [2.45, 2.75) is 38.5 Å². The van der Waals surface area contributed by atoms with E-state index in [4.69, 9.17) is 0 Å². The zero-order chi connectivity index (χ0) is 9.97. The van der Waals surface area contributed by atoms with Crippen LogP contribution in [0.3, 0.4) is 0 Å². The van der Waals surface area contributed by atoms with Crippen LogP contribution in [0.4, 0.5) is 0 Å². The summed E-state index contributed by atoms with van der Waals surface area (Å²) in [6.45, 7) is 2.24. The Hall–Kier alpha value is -0.630. The molecule has 1 aromatic heterocycles. The van der Waals surface area contributed by atoms with Crippen LogP contribution in [-0.4, -0.2) is 5.78 Å². The first-order chi connectivity index (χ1) is 6.81. The maximum atomic E-state index is 11.4. The van der Waals surface area contributed by atoms with Gasteiger partial charge in [0.1, 0.15) is 5.78 Å². The molecule has 1 aliphatic rings. The van der Waals surface area contributed by atoms with Crippen LogP contribution in [0.15, 0.2) is 17.5 Å². The second-order valence-electron chi connectivity index (χ2n) is 4.07. The molecule has 0 saturated heterocycles. The van der Waals surface area contributed by atoms with Crippen molar-refractivity contribution in [3.63, 3.8) is 0 Å². The molecular weight excluding hydrogens is 192 g/mol. The lowest BCUT2D eigenvalue weighted by Crippen LogP contribution is -2.22. The van der Waals surface area contributed by atoms with Gasteiger partial charge in [-0.3, -0.25) is 4.79 Å². The molecule has 2 rings (SSSR count). The van der Waals surface area contributed by atoms with Crippen molar-refractivity contribution in [2.24, 2.45) is 5.92 Å². The first kappa shape index (κ1) is 9.91. The Morgan fingerprint density at radius 2 is 2.43 bits per heavy atom. The van der Waals surface area contributed by atoms with Gasteiger partial charge in [0.25, 0.3) is 0 Å². The number of rotatable bonds is 2. The summed E-state index contributed by atoms with van der Waals surface area (Å²) in [4.78, 5) is 12.8. The SMILES string of the molecule is CCC1CCC(=O)CC1c1cccs1. The number of hydrogen-bond acceptors (Lipinski definition) is 2. The van der Waals surface area contributed by atoms with Gasteiger partial charge in [0.05, 0.1) is 0 Å². The minimum Gasteiger partial charge on any atom is -0.300 e. The van der Waals surface area contributed by atoms with Gasteiger partial charge in [-0.1, -0.05) is 19.4 Å². The summed E-state index contributed by atoms with van der Waals surface area (Å²) in [6.07, 6.45) is 3.88. The van der Waals surface area contributed by atoms with E-state index >= 15 is 0 Å². The molecular formula is C12H16OS. The number of ketones is 1. The lowest BCUT2D eigenvalue weighted by molar-refractivity contribution is -0.121. The Kier molecular flexibility index (Phi) is 3.02. The van der Waals surface area contributed by atoms with Crippen LogP contribution in [0.25, 0.3) is 0 Å². The monoisotopic (exact) mass is 208 g/mol. The lowest BCUT2D eigenvalue weighted by Gasteiger charge is -2.29. The minimum atomic E-state index is 0.452. The first-order valence-corrected chi connectivity index (χ1v) is 6.24. The average molecular weight is 208 g/mol. The number of Topliss-reactive ketones (excluding diaryl/α,β-unsaturated/α-hetero) is 1. The Labute approximate surface area is 89.1 Å². The quantitative estimate of drug-likeness (QED) is 0.725. The molecule has 0 bridgehead atoms. The molecule has 0 aromatic carbocycles. The number of hydrogen-bond donors (Lipinski definition) is 0. The van der Waals surface area contributed by atoms with Gasteiger partial charge < -0.3 is 0 Å². The van der Waals surface area contributed by atoms with E-state index in [1.807, 2.05) is 0 Å². The van der Waals surface area contributed by atoms with Gasteiger partial charge in [0, 0.05) is 23.6 Å². The maximum Gasteiger partial charge on any atom is 0.133 e. The Morgan fingerprint density at radius 1 is 1.57 bits per heavy atom. The molecule has 0 aliphatic heterocycles. The van der Waals surface area contributed by atoms with E-state index in [1.165, 1.54) is 11.3 Å². The third-order valence-corrected chi connectivity index (χ3v) is 4.25. The maximum absolute atomic E-state index is 11.4. The molecule has 0 spiro atoms. The lowest BCUT2D eigenvalue weighted by atomic mass is 9.76. The summed E-state index contributed by atoms with van der Waals surface area (Å²) in [7, 11) is 0. The van der Waals surface area contributed by atoms with E-state index in [0.29, 0.717) is 11.7 Å². The smallest absolute Gasteiger partial charge is 0.133 e. The van der Waals surface area contributed by atoms with Gasteiger partial charge in [0.2, 0.25) is 0 Å². The van der Waals surface area contributed by atoms with E-state index in [-0.39, 0.29) is 0 Å². The fourth-order valence-electron chi connectivity index (χ4n) is 2.39. The summed E-state index contributed by atoms with van der Waals surface area (Å²) in [5.41, 5.74) is 0. The normalized spacial score (nSPS) is 27.9. The van der Waals surface area contributed by atoms with E-state index < -0.39 is 0 Å². The van der Waals surface area contributed by atoms with Gasteiger partial charge in [-0.2, -0.15) is 0 Å². The fraction of sp³-hybridized carbons (Fsp3) is 0.583. The molecule has 2 atom stereocenters. The Balaban J connectivity index is 2.17. The van der Waals surface area contributed by atoms with Crippen molar-refractivity contribution >= 4 is 17.1 Å². The molecule has 1 saturated carbocycles. The van der Waals surface area contributed by atoms with E-state index in [2.05, 4.69) is 24.4 Å². The Bertz CT molecular complexity index is 302. The van der Waals surface area contributed by atoms with E-state index in [0.717, 1.165) is 25.2 Å². The van der Waals surface area contributed by atoms with Crippen molar-refractivity contribution < 1.29 is 4.79 Å². The average Bonchev–Trinajstić information content (AvgIpc) is 2.70. The molecule has 76 valence electrons. The van der Waals surface area contributed by atoms with Crippen LogP contribution in [0.2, 0.25) is 0 Å². The van der Waals surface area contributed by atoms with Gasteiger partial charge in [-0.05, 0) is 23.8 Å². The standard InChI is InChI=1S/C12H16OS/c1-2-9-5-6-10(13)8-11(9)12-4-3-7-14-12/h3-4,7,9,11H,2,5-6,8H2,1H3. The highest BCUT2D eigenvalue weighted by Gasteiger charge is 2.29. The zero-order valence-corrected chi connectivity index (χ0v) is 9.35. The molecule has 1 aromatic rings. The third kappa shape index (κ3) is 1.90. The Morgan fingerprint density at radius 3 is 3.07 bits per heavy atom. The fourth-order valence-corrected chi connectivity index (χ4v) is 3.31. The van der Waals surface area contributed by atoms with E-state index in [9.17, 15) is 4.79 Å². The highest BCUT2D eigenvalue weighted by atomic mass is 32.1. The van der Waals surface area contributed by atoms with Crippen molar-refractivity contribution in [3.05, 3.63) is 22.4 Å². The molecule has 1 aliphatic carbocycles. The van der Waals surface area contributed by atoms with Crippen LogP contribution in [0.5, 0.6) is 0 Å². The molecule has 14 heavy (non-hydrogen) atoms. The van der Waals surface area contributed by atoms with Crippen molar-refractivity contribution in [2.75, 3.05) is 0 Å². The topological polar surface area (TPSA) is 17.1 Å². The van der Waals surface area contributed by atoms with Crippen molar-refractivity contribution in [3.8, 4) is 0 Å². The van der Waals surface area contributed by atoms with Crippen LogP contribution in [0.1, 0.15) is 43.4 Å². The van der Waals surface area contributed by atoms with Gasteiger partial charge >= 0.3 is 0 Å². The highest BCUT2D eigenvalue weighted by Crippen LogP contribution is 2.39. The summed E-state index contributed by atoms with van der Waals surface area (Å²) in [6, 6.07) is 4.27. The van der Waals surface area contributed by atoms with Crippen LogP contribution in [0, 0.1) is 5.92 Å². The predicted molar refractivity (Wildman–Crippen MR) is 59.7 cm³/mol. The molecule has 2 heteroatoms. The predicted octanol–water partition coefficient (Wildman–Crippen LogP) is 3.61. The molecule has 0 amide bonds. The number of carbonyl (C=O) groups is 1. The summed E-state index contributed by atoms with van der Waals surface area (Å²) in [5.74, 6) is 1.70. The zero-order valence-electron chi connectivity index (χ0n) is 8.53. The van der Waals surface area contributed by atoms with Crippen LogP contribution >= 0.6 is 11.3 Å². The molecule has 1 fully saturated rings. The molecule has 2 unspecified atom stereocenters. The van der Waals surface area contributed by atoms with Crippen LogP contribution in [-0.2, 0) is 4.79 Å². The molecule has 0 radical (unpaired) electrons.